The fourth-order valence-corrected chi connectivity index (χ4v) is 9.89. The van der Waals surface area contributed by atoms with Crippen molar-refractivity contribution in [2.24, 2.45) is 40.4 Å². The van der Waals surface area contributed by atoms with E-state index in [1.54, 1.807) is 0 Å². The van der Waals surface area contributed by atoms with E-state index in [0.29, 0.717) is 36.7 Å². The van der Waals surface area contributed by atoms with Crippen LogP contribution >= 0.6 is 0 Å². The van der Waals surface area contributed by atoms with Crippen LogP contribution in [0.3, 0.4) is 0 Å². The third-order valence-corrected chi connectivity index (χ3v) is 11.8. The molecule has 0 spiro atoms. The standard InChI is InChI=1S/C35H54O8/c1-20(19-40-22(3)36)9-12-31(42-24(5)38)21(2)33-32(43-25(6)39)18-30-28-11-10-26-17-27(41-23(4)37)13-15-34(26,7)29(28)14-16-35(30,33)8/h20,26-32H,9-19H2,1-8H3/b33-21+. The molecule has 242 valence electrons. The molecule has 4 saturated carbocycles. The second kappa shape index (κ2) is 13.3. The summed E-state index contributed by atoms with van der Waals surface area (Å²) in [5.74, 6) is 1.08. The Morgan fingerprint density at radius 2 is 1.49 bits per heavy atom. The van der Waals surface area contributed by atoms with Gasteiger partial charge in [-0.05, 0) is 123 Å². The summed E-state index contributed by atoms with van der Waals surface area (Å²) >= 11 is 0. The van der Waals surface area contributed by atoms with E-state index < -0.39 is 6.10 Å². The van der Waals surface area contributed by atoms with Crippen molar-refractivity contribution in [1.82, 2.24) is 0 Å². The molecule has 10 unspecified atom stereocenters. The summed E-state index contributed by atoms with van der Waals surface area (Å²) in [6.45, 7) is 15.1. The van der Waals surface area contributed by atoms with E-state index in [1.807, 2.05) is 6.92 Å². The highest BCUT2D eigenvalue weighted by atomic mass is 16.6. The molecule has 0 radical (unpaired) electrons. The van der Waals surface area contributed by atoms with Gasteiger partial charge in [-0.15, -0.1) is 0 Å². The third-order valence-electron chi connectivity index (χ3n) is 11.8. The molecule has 0 amide bonds. The third kappa shape index (κ3) is 7.14. The van der Waals surface area contributed by atoms with Crippen molar-refractivity contribution in [2.45, 2.75) is 138 Å². The highest BCUT2D eigenvalue weighted by Crippen LogP contribution is 2.68. The molecular formula is C35H54O8. The van der Waals surface area contributed by atoms with Gasteiger partial charge in [0.15, 0.2) is 0 Å². The lowest BCUT2D eigenvalue weighted by molar-refractivity contribution is -0.158. The van der Waals surface area contributed by atoms with Crippen LogP contribution in [0.1, 0.15) is 120 Å². The van der Waals surface area contributed by atoms with Gasteiger partial charge in [-0.25, -0.2) is 0 Å². The maximum absolute atomic E-state index is 12.4. The molecule has 0 aromatic rings. The quantitative estimate of drug-likeness (QED) is 0.163. The number of hydrogen-bond acceptors (Lipinski definition) is 8. The first-order valence-electron chi connectivity index (χ1n) is 16.5. The lowest BCUT2D eigenvalue weighted by Gasteiger charge is -2.60. The van der Waals surface area contributed by atoms with Crippen LogP contribution in [-0.2, 0) is 38.1 Å². The van der Waals surface area contributed by atoms with Gasteiger partial charge in [-0.1, -0.05) is 20.8 Å². The molecule has 4 aliphatic carbocycles. The van der Waals surface area contributed by atoms with E-state index in [-0.39, 0.29) is 52.8 Å². The Morgan fingerprint density at radius 3 is 2.12 bits per heavy atom. The van der Waals surface area contributed by atoms with E-state index in [2.05, 4.69) is 20.8 Å². The van der Waals surface area contributed by atoms with Gasteiger partial charge in [0, 0.05) is 27.7 Å². The number of esters is 4. The number of ether oxygens (including phenoxy) is 4. The van der Waals surface area contributed by atoms with Gasteiger partial charge in [-0.3, -0.25) is 19.2 Å². The molecule has 10 atom stereocenters. The van der Waals surface area contributed by atoms with Crippen LogP contribution in [-0.4, -0.2) is 48.8 Å². The van der Waals surface area contributed by atoms with Crippen LogP contribution in [0.25, 0.3) is 0 Å². The van der Waals surface area contributed by atoms with Crippen LogP contribution in [0.2, 0.25) is 0 Å². The molecule has 0 bridgehead atoms. The van der Waals surface area contributed by atoms with Gasteiger partial charge in [0.05, 0.1) is 6.61 Å². The van der Waals surface area contributed by atoms with Crippen molar-refractivity contribution < 1.29 is 38.1 Å². The average molecular weight is 603 g/mol. The molecule has 43 heavy (non-hydrogen) atoms. The highest BCUT2D eigenvalue weighted by molar-refractivity contribution is 5.68. The Morgan fingerprint density at radius 1 is 0.791 bits per heavy atom. The normalized spacial score (nSPS) is 37.5. The predicted molar refractivity (Wildman–Crippen MR) is 162 cm³/mol. The first kappa shape index (κ1) is 33.5. The summed E-state index contributed by atoms with van der Waals surface area (Å²) in [7, 11) is 0. The van der Waals surface area contributed by atoms with Crippen molar-refractivity contribution in [2.75, 3.05) is 6.61 Å². The summed E-state index contributed by atoms with van der Waals surface area (Å²) in [4.78, 5) is 47.6. The van der Waals surface area contributed by atoms with Gasteiger partial charge in [0.2, 0.25) is 0 Å². The van der Waals surface area contributed by atoms with Crippen molar-refractivity contribution in [3.63, 3.8) is 0 Å². The minimum absolute atomic E-state index is 0.0351. The fraction of sp³-hybridized carbons (Fsp3) is 0.829. The summed E-state index contributed by atoms with van der Waals surface area (Å²) in [5.41, 5.74) is 2.23. The Labute approximate surface area is 258 Å². The Balaban J connectivity index is 1.61. The van der Waals surface area contributed by atoms with Gasteiger partial charge in [-0.2, -0.15) is 0 Å². The molecular weight excluding hydrogens is 548 g/mol. The van der Waals surface area contributed by atoms with Crippen LogP contribution in [0.4, 0.5) is 0 Å². The van der Waals surface area contributed by atoms with Crippen molar-refractivity contribution in [3.8, 4) is 0 Å². The Hall–Kier alpha value is -2.38. The number of hydrogen-bond donors (Lipinski definition) is 0. The number of carbonyl (C=O) groups excluding carboxylic acids is 4. The summed E-state index contributed by atoms with van der Waals surface area (Å²) in [6, 6.07) is 0. The topological polar surface area (TPSA) is 105 Å². The van der Waals surface area contributed by atoms with E-state index in [0.717, 1.165) is 68.9 Å². The van der Waals surface area contributed by atoms with E-state index in [9.17, 15) is 19.2 Å². The number of rotatable bonds is 9. The second-order valence-electron chi connectivity index (χ2n) is 14.6. The van der Waals surface area contributed by atoms with Crippen LogP contribution in [0.15, 0.2) is 11.1 Å². The van der Waals surface area contributed by atoms with Gasteiger partial charge in [0.25, 0.3) is 0 Å². The average Bonchev–Trinajstić information content (AvgIpc) is 3.20. The zero-order chi connectivity index (χ0) is 31.7. The zero-order valence-electron chi connectivity index (χ0n) is 27.7. The van der Waals surface area contributed by atoms with Crippen LogP contribution < -0.4 is 0 Å². The van der Waals surface area contributed by atoms with E-state index >= 15 is 0 Å². The predicted octanol–water partition coefficient (Wildman–Crippen LogP) is 6.73. The Bertz CT molecular complexity index is 1110. The molecule has 0 aliphatic heterocycles. The Kier molecular flexibility index (Phi) is 10.4. The van der Waals surface area contributed by atoms with Gasteiger partial charge < -0.3 is 18.9 Å². The van der Waals surface area contributed by atoms with Gasteiger partial charge >= 0.3 is 23.9 Å². The fourth-order valence-electron chi connectivity index (χ4n) is 9.89. The minimum Gasteiger partial charge on any atom is -0.466 e. The zero-order valence-corrected chi connectivity index (χ0v) is 27.7. The molecule has 0 saturated heterocycles. The summed E-state index contributed by atoms with van der Waals surface area (Å²) in [6.07, 6.45) is 8.79. The lowest BCUT2D eigenvalue weighted by atomic mass is 9.45. The first-order valence-corrected chi connectivity index (χ1v) is 16.5. The van der Waals surface area contributed by atoms with E-state index in [1.165, 1.54) is 27.7 Å². The number of fused-ring (bicyclic) bond motifs is 5. The lowest BCUT2D eigenvalue weighted by Crippen LogP contribution is -2.53. The minimum atomic E-state index is -0.427. The van der Waals surface area contributed by atoms with Gasteiger partial charge in [0.1, 0.15) is 18.3 Å². The molecule has 8 heteroatoms. The van der Waals surface area contributed by atoms with Crippen molar-refractivity contribution >= 4 is 23.9 Å². The molecule has 0 heterocycles. The summed E-state index contributed by atoms with van der Waals surface area (Å²) < 4.78 is 22.9. The van der Waals surface area contributed by atoms with Crippen LogP contribution in [0.5, 0.6) is 0 Å². The highest BCUT2D eigenvalue weighted by Gasteiger charge is 2.62. The largest absolute Gasteiger partial charge is 0.466 e. The smallest absolute Gasteiger partial charge is 0.303 e. The molecule has 0 N–H and O–H groups in total. The van der Waals surface area contributed by atoms with Crippen LogP contribution in [0, 0.1) is 40.4 Å². The molecule has 4 aliphatic rings. The molecule has 8 nitrogen and oxygen atoms in total. The number of carbonyl (C=O) groups is 4. The van der Waals surface area contributed by atoms with E-state index in [4.69, 9.17) is 18.9 Å². The summed E-state index contributed by atoms with van der Waals surface area (Å²) in [5, 5.41) is 0. The second-order valence-corrected chi connectivity index (χ2v) is 14.6. The molecule has 0 aromatic carbocycles. The SMILES string of the molecule is CC(=O)OCC(C)CCC(OC(C)=O)/C(C)=C1\C(OC(C)=O)CC2C3CCC4CC(OC(C)=O)CCC4(C)C3CCC12C. The molecule has 4 fully saturated rings. The van der Waals surface area contributed by atoms with Crippen molar-refractivity contribution in [1.29, 1.82) is 0 Å². The van der Waals surface area contributed by atoms with Crippen molar-refractivity contribution in [3.05, 3.63) is 11.1 Å². The first-order chi connectivity index (χ1) is 20.2. The maximum Gasteiger partial charge on any atom is 0.303 e. The monoisotopic (exact) mass is 602 g/mol. The molecule has 0 aromatic heterocycles. The molecule has 4 rings (SSSR count). The maximum atomic E-state index is 12.4.